The topological polar surface area (TPSA) is 47.3 Å². The Kier molecular flexibility index (Phi) is 3.34. The molecule has 0 aliphatic heterocycles. The van der Waals surface area contributed by atoms with Gasteiger partial charge >= 0.3 is 0 Å². The molecule has 0 aliphatic carbocycles. The molecule has 0 heterocycles. The molecule has 1 N–H and O–H groups in total. The minimum atomic E-state index is -0.478. The van der Waals surface area contributed by atoms with Crippen LogP contribution in [0.5, 0.6) is 5.75 Å². The van der Waals surface area contributed by atoms with Gasteiger partial charge in [-0.2, -0.15) is 5.26 Å². The maximum atomic E-state index is 9.55. The quantitative estimate of drug-likeness (QED) is 0.814. The van der Waals surface area contributed by atoms with Crippen molar-refractivity contribution >= 4 is 11.6 Å². The first kappa shape index (κ1) is 10.8. The number of benzene rings is 1. The van der Waals surface area contributed by atoms with Crippen LogP contribution in [-0.4, -0.2) is 24.1 Å². The maximum Gasteiger partial charge on any atom is 0.126 e. The highest BCUT2D eigenvalue weighted by Crippen LogP contribution is 2.29. The Balaban J connectivity index is 3.17. The van der Waals surface area contributed by atoms with Crippen LogP contribution >= 0.6 is 11.6 Å². The lowest BCUT2D eigenvalue weighted by Gasteiger charge is -2.18. The number of hydrogen-bond donors (Lipinski definition) is 1. The highest BCUT2D eigenvalue weighted by molar-refractivity contribution is 6.30. The molecule has 0 aromatic heterocycles. The minimum Gasteiger partial charge on any atom is -0.508 e. The van der Waals surface area contributed by atoms with E-state index in [9.17, 15) is 5.11 Å². The lowest BCUT2D eigenvalue weighted by Crippen LogP contribution is -2.18. The summed E-state index contributed by atoms with van der Waals surface area (Å²) in [4.78, 5) is 1.71. The number of aromatic hydroxyl groups is 1. The second-order valence-corrected chi connectivity index (χ2v) is 3.63. The number of phenolic OH excluding ortho intramolecular Hbond substituents is 1. The molecule has 0 bridgehead atoms. The van der Waals surface area contributed by atoms with Crippen molar-refractivity contribution < 1.29 is 5.11 Å². The van der Waals surface area contributed by atoms with E-state index < -0.39 is 6.04 Å². The first-order chi connectivity index (χ1) is 6.56. The van der Waals surface area contributed by atoms with Crippen LogP contribution in [0.2, 0.25) is 5.02 Å². The van der Waals surface area contributed by atoms with Crippen molar-refractivity contribution in [3.8, 4) is 11.8 Å². The zero-order valence-corrected chi connectivity index (χ0v) is 8.78. The summed E-state index contributed by atoms with van der Waals surface area (Å²) in [6.07, 6.45) is 0. The van der Waals surface area contributed by atoms with E-state index in [4.69, 9.17) is 16.9 Å². The number of phenols is 1. The zero-order valence-electron chi connectivity index (χ0n) is 8.03. The fraction of sp³-hybridized carbons (Fsp3) is 0.300. The summed E-state index contributed by atoms with van der Waals surface area (Å²) in [5.41, 5.74) is 0.532. The van der Waals surface area contributed by atoms with Crippen LogP contribution in [0, 0.1) is 11.3 Å². The van der Waals surface area contributed by atoms with E-state index in [1.54, 1.807) is 31.1 Å². The molecule has 0 fully saturated rings. The van der Waals surface area contributed by atoms with Crippen LogP contribution in [0.3, 0.4) is 0 Å². The SMILES string of the molecule is CN(C)C(C#N)c1cc(Cl)ccc1O. The summed E-state index contributed by atoms with van der Waals surface area (Å²) in [6.45, 7) is 0. The normalized spacial score (nSPS) is 12.5. The van der Waals surface area contributed by atoms with Gasteiger partial charge in [-0.3, -0.25) is 4.90 Å². The molecule has 3 nitrogen and oxygen atoms in total. The van der Waals surface area contributed by atoms with Gasteiger partial charge in [-0.25, -0.2) is 0 Å². The van der Waals surface area contributed by atoms with Crippen LogP contribution in [0.15, 0.2) is 18.2 Å². The molecule has 0 saturated heterocycles. The van der Waals surface area contributed by atoms with Crippen LogP contribution in [0.25, 0.3) is 0 Å². The second-order valence-electron chi connectivity index (χ2n) is 3.20. The molecule has 0 radical (unpaired) electrons. The van der Waals surface area contributed by atoms with Crippen molar-refractivity contribution in [3.63, 3.8) is 0 Å². The molecular formula is C10H11ClN2O. The number of hydrogen-bond acceptors (Lipinski definition) is 3. The van der Waals surface area contributed by atoms with Crippen LogP contribution in [0.1, 0.15) is 11.6 Å². The third-order valence-corrected chi connectivity index (χ3v) is 2.16. The van der Waals surface area contributed by atoms with Gasteiger partial charge in [0, 0.05) is 10.6 Å². The summed E-state index contributed by atoms with van der Waals surface area (Å²) in [6, 6.07) is 6.30. The van der Waals surface area contributed by atoms with Crippen LogP contribution in [0.4, 0.5) is 0 Å². The molecule has 1 aromatic rings. The average molecular weight is 211 g/mol. The Morgan fingerprint density at radius 3 is 2.64 bits per heavy atom. The van der Waals surface area contributed by atoms with Gasteiger partial charge in [-0.15, -0.1) is 0 Å². The van der Waals surface area contributed by atoms with Gasteiger partial charge in [0.15, 0.2) is 0 Å². The molecule has 0 aliphatic rings. The predicted molar refractivity (Wildman–Crippen MR) is 55.2 cm³/mol. The van der Waals surface area contributed by atoms with Crippen molar-refractivity contribution in [3.05, 3.63) is 28.8 Å². The second kappa shape index (κ2) is 4.32. The van der Waals surface area contributed by atoms with Crippen molar-refractivity contribution in [2.24, 2.45) is 0 Å². The molecule has 0 saturated carbocycles. The van der Waals surface area contributed by atoms with E-state index >= 15 is 0 Å². The fourth-order valence-corrected chi connectivity index (χ4v) is 1.39. The Morgan fingerprint density at radius 2 is 2.14 bits per heavy atom. The largest absolute Gasteiger partial charge is 0.508 e. The lowest BCUT2D eigenvalue weighted by molar-refractivity contribution is 0.346. The van der Waals surface area contributed by atoms with Crippen LogP contribution in [-0.2, 0) is 0 Å². The summed E-state index contributed by atoms with van der Waals surface area (Å²) in [5.74, 6) is 0.0923. The maximum absolute atomic E-state index is 9.55. The molecule has 4 heteroatoms. The molecule has 1 aromatic carbocycles. The Bertz CT molecular complexity index is 371. The Labute approximate surface area is 88.1 Å². The highest BCUT2D eigenvalue weighted by Gasteiger charge is 2.16. The monoisotopic (exact) mass is 210 g/mol. The van der Waals surface area contributed by atoms with E-state index in [0.717, 1.165) is 0 Å². The first-order valence-corrected chi connectivity index (χ1v) is 4.48. The van der Waals surface area contributed by atoms with E-state index in [-0.39, 0.29) is 5.75 Å². The Hall–Kier alpha value is -1.24. The van der Waals surface area contributed by atoms with Crippen molar-refractivity contribution in [1.29, 1.82) is 5.26 Å². The van der Waals surface area contributed by atoms with Crippen molar-refractivity contribution in [2.75, 3.05) is 14.1 Å². The highest BCUT2D eigenvalue weighted by atomic mass is 35.5. The van der Waals surface area contributed by atoms with Gasteiger partial charge < -0.3 is 5.11 Å². The third-order valence-electron chi connectivity index (χ3n) is 1.92. The third kappa shape index (κ3) is 2.16. The number of rotatable bonds is 2. The van der Waals surface area contributed by atoms with Gasteiger partial charge in [0.05, 0.1) is 6.07 Å². The van der Waals surface area contributed by atoms with Gasteiger partial charge in [-0.05, 0) is 32.3 Å². The first-order valence-electron chi connectivity index (χ1n) is 4.10. The van der Waals surface area contributed by atoms with Gasteiger partial charge in [-0.1, -0.05) is 11.6 Å². The minimum absolute atomic E-state index is 0.0923. The van der Waals surface area contributed by atoms with Crippen molar-refractivity contribution in [1.82, 2.24) is 4.90 Å². The number of nitrogens with zero attached hydrogens (tertiary/aromatic N) is 2. The molecule has 0 spiro atoms. The van der Waals surface area contributed by atoms with E-state index in [0.29, 0.717) is 10.6 Å². The molecule has 1 unspecified atom stereocenters. The van der Waals surface area contributed by atoms with Crippen molar-refractivity contribution in [2.45, 2.75) is 6.04 Å². The van der Waals surface area contributed by atoms with Crippen LogP contribution < -0.4 is 0 Å². The number of nitriles is 1. The van der Waals surface area contributed by atoms with Gasteiger partial charge in [0.2, 0.25) is 0 Å². The molecule has 1 atom stereocenters. The molecule has 74 valence electrons. The standard InChI is InChI=1S/C10H11ClN2O/c1-13(2)9(6-12)8-5-7(11)3-4-10(8)14/h3-5,9,14H,1-2H3. The molecule has 14 heavy (non-hydrogen) atoms. The van der Waals surface area contributed by atoms with E-state index in [2.05, 4.69) is 6.07 Å². The zero-order chi connectivity index (χ0) is 10.7. The van der Waals surface area contributed by atoms with Gasteiger partial charge in [0.25, 0.3) is 0 Å². The van der Waals surface area contributed by atoms with E-state index in [1.165, 1.54) is 6.07 Å². The predicted octanol–water partition coefficient (Wildman–Crippen LogP) is 2.17. The lowest BCUT2D eigenvalue weighted by atomic mass is 10.1. The summed E-state index contributed by atoms with van der Waals surface area (Å²) >= 11 is 5.78. The Morgan fingerprint density at radius 1 is 1.50 bits per heavy atom. The smallest absolute Gasteiger partial charge is 0.126 e. The molecule has 0 amide bonds. The summed E-state index contributed by atoms with van der Waals surface area (Å²) < 4.78 is 0. The molecule has 1 rings (SSSR count). The summed E-state index contributed by atoms with van der Waals surface area (Å²) in [7, 11) is 3.54. The number of halogens is 1. The summed E-state index contributed by atoms with van der Waals surface area (Å²) in [5, 5.41) is 19.0. The van der Waals surface area contributed by atoms with Gasteiger partial charge in [0.1, 0.15) is 11.8 Å². The molecular weight excluding hydrogens is 200 g/mol. The fourth-order valence-electron chi connectivity index (χ4n) is 1.21. The van der Waals surface area contributed by atoms with E-state index in [1.807, 2.05) is 0 Å². The average Bonchev–Trinajstić information content (AvgIpc) is 2.11.